The van der Waals surface area contributed by atoms with Crippen LogP contribution in [0.4, 0.5) is 4.39 Å². The molecule has 2 aliphatic rings. The maximum absolute atomic E-state index is 14.1. The van der Waals surface area contributed by atoms with Crippen molar-refractivity contribution in [2.75, 3.05) is 13.2 Å². The average Bonchev–Trinajstić information content (AvgIpc) is 3.59. The van der Waals surface area contributed by atoms with E-state index in [-0.39, 0.29) is 23.9 Å². The zero-order valence-corrected chi connectivity index (χ0v) is 19.2. The molecule has 4 N–H and O–H groups in total. The van der Waals surface area contributed by atoms with Gasteiger partial charge in [0.05, 0.1) is 17.7 Å². The van der Waals surface area contributed by atoms with E-state index >= 15 is 0 Å². The highest BCUT2D eigenvalue weighted by Crippen LogP contribution is 2.36. The smallest absolute Gasteiger partial charge is 0.255 e. The molecule has 2 amide bonds. The lowest BCUT2D eigenvalue weighted by molar-refractivity contribution is -0.124. The van der Waals surface area contributed by atoms with Gasteiger partial charge in [0.2, 0.25) is 5.91 Å². The molecule has 2 heterocycles. The molecule has 2 saturated carbocycles. The lowest BCUT2D eigenvalue weighted by Crippen LogP contribution is -2.44. The number of nitrogens with zero attached hydrogens (tertiary/aromatic N) is 2. The highest BCUT2D eigenvalue weighted by atomic mass is 19.1. The SMILES string of the molecule is O=C(CO)N[C@H]1CC[C@H](NC(=O)c2c[nH]c3c(-c4cc(F)ccc4OCC4CC4)ncnc23)CC1. The molecule has 0 atom stereocenters. The van der Waals surface area contributed by atoms with Gasteiger partial charge in [-0.1, -0.05) is 0 Å². The fourth-order valence-corrected chi connectivity index (χ4v) is 4.54. The van der Waals surface area contributed by atoms with E-state index in [4.69, 9.17) is 9.84 Å². The van der Waals surface area contributed by atoms with Gasteiger partial charge < -0.3 is 25.5 Å². The largest absolute Gasteiger partial charge is 0.493 e. The van der Waals surface area contributed by atoms with Gasteiger partial charge in [-0.05, 0) is 62.6 Å². The van der Waals surface area contributed by atoms with Crippen LogP contribution in [0.15, 0.2) is 30.7 Å². The van der Waals surface area contributed by atoms with Crippen LogP contribution in [0.3, 0.4) is 0 Å². The van der Waals surface area contributed by atoms with Crippen molar-refractivity contribution in [1.82, 2.24) is 25.6 Å². The number of halogens is 1. The number of aliphatic hydroxyl groups excluding tert-OH is 1. The summed E-state index contributed by atoms with van der Waals surface area (Å²) in [5, 5.41) is 14.7. The molecular weight excluding hydrogens is 453 g/mol. The fourth-order valence-electron chi connectivity index (χ4n) is 4.54. The Kier molecular flexibility index (Phi) is 6.63. The van der Waals surface area contributed by atoms with E-state index in [9.17, 15) is 14.0 Å². The number of aromatic amines is 1. The summed E-state index contributed by atoms with van der Waals surface area (Å²) >= 11 is 0. The summed E-state index contributed by atoms with van der Waals surface area (Å²) in [4.78, 5) is 36.2. The Morgan fingerprint density at radius 1 is 1.09 bits per heavy atom. The van der Waals surface area contributed by atoms with Gasteiger partial charge in [-0.25, -0.2) is 14.4 Å². The maximum Gasteiger partial charge on any atom is 0.255 e. The van der Waals surface area contributed by atoms with Crippen LogP contribution < -0.4 is 15.4 Å². The van der Waals surface area contributed by atoms with Gasteiger partial charge in [-0.15, -0.1) is 0 Å². The molecule has 0 aliphatic heterocycles. The third kappa shape index (κ3) is 5.27. The van der Waals surface area contributed by atoms with Gasteiger partial charge >= 0.3 is 0 Å². The van der Waals surface area contributed by atoms with Crippen molar-refractivity contribution in [2.45, 2.75) is 50.6 Å². The Morgan fingerprint density at radius 3 is 2.54 bits per heavy atom. The molecule has 0 radical (unpaired) electrons. The Morgan fingerprint density at radius 2 is 1.83 bits per heavy atom. The normalized spacial score (nSPS) is 19.9. The van der Waals surface area contributed by atoms with Crippen molar-refractivity contribution < 1.29 is 23.8 Å². The molecule has 0 unspecified atom stereocenters. The predicted molar refractivity (Wildman–Crippen MR) is 126 cm³/mol. The number of H-pyrrole nitrogens is 1. The number of aliphatic hydroxyl groups is 1. The Bertz CT molecular complexity index is 1230. The number of hydrogen-bond donors (Lipinski definition) is 4. The quantitative estimate of drug-likeness (QED) is 0.392. The number of hydrogen-bond acceptors (Lipinski definition) is 6. The molecule has 184 valence electrons. The number of aromatic nitrogens is 3. The van der Waals surface area contributed by atoms with Gasteiger partial charge in [0.25, 0.3) is 5.91 Å². The first-order valence-corrected chi connectivity index (χ1v) is 12.0. The van der Waals surface area contributed by atoms with Crippen LogP contribution in [0.25, 0.3) is 22.3 Å². The number of nitrogens with one attached hydrogen (secondary N) is 3. The number of fused-ring (bicyclic) bond motifs is 1. The summed E-state index contributed by atoms with van der Waals surface area (Å²) in [5.41, 5.74) is 2.36. The molecule has 1 aromatic carbocycles. The van der Waals surface area contributed by atoms with E-state index in [1.54, 1.807) is 12.3 Å². The second-order valence-corrected chi connectivity index (χ2v) is 9.29. The van der Waals surface area contributed by atoms with Gasteiger partial charge in [-0.2, -0.15) is 0 Å². The van der Waals surface area contributed by atoms with Crippen molar-refractivity contribution in [2.24, 2.45) is 5.92 Å². The summed E-state index contributed by atoms with van der Waals surface area (Å²) in [5.74, 6) is 0.0456. The summed E-state index contributed by atoms with van der Waals surface area (Å²) in [7, 11) is 0. The first-order valence-electron chi connectivity index (χ1n) is 12.0. The van der Waals surface area contributed by atoms with Crippen molar-refractivity contribution >= 4 is 22.8 Å². The van der Waals surface area contributed by atoms with Gasteiger partial charge in [0.1, 0.15) is 35.7 Å². The van der Waals surface area contributed by atoms with E-state index in [1.807, 2.05) is 0 Å². The van der Waals surface area contributed by atoms with E-state index in [1.165, 1.54) is 18.5 Å². The standard InChI is InChI=1S/C25H28FN5O4/c26-15-3-8-20(35-12-14-1-2-14)18(9-15)22-24-23(29-13-28-22)19(10-27-24)25(34)31-17-6-4-16(5-7-17)30-21(33)11-32/h3,8-10,13-14,16-17,27,32H,1-2,4-7,11-12H2,(H,30,33)(H,31,34)/t16-,17-. The first-order chi connectivity index (χ1) is 17.0. The molecular formula is C25H28FN5O4. The van der Waals surface area contributed by atoms with Crippen LogP contribution in [-0.2, 0) is 4.79 Å². The number of ether oxygens (including phenoxy) is 1. The number of benzene rings is 1. The van der Waals surface area contributed by atoms with Crippen molar-refractivity contribution in [3.63, 3.8) is 0 Å². The number of carbonyl (C=O) groups is 2. The van der Waals surface area contributed by atoms with Crippen LogP contribution in [0.5, 0.6) is 5.75 Å². The molecule has 9 nitrogen and oxygen atoms in total. The van der Waals surface area contributed by atoms with E-state index in [0.29, 0.717) is 46.1 Å². The molecule has 0 saturated heterocycles. The molecule has 0 bridgehead atoms. The molecule has 0 spiro atoms. The molecule has 5 rings (SSSR count). The van der Waals surface area contributed by atoms with Crippen LogP contribution in [-0.4, -0.2) is 57.2 Å². The van der Waals surface area contributed by atoms with E-state index < -0.39 is 12.4 Å². The number of amides is 2. The molecule has 10 heteroatoms. The Balaban J connectivity index is 1.33. The second-order valence-electron chi connectivity index (χ2n) is 9.29. The molecule has 2 fully saturated rings. The average molecular weight is 482 g/mol. The summed E-state index contributed by atoms with van der Waals surface area (Å²) < 4.78 is 20.1. The van der Waals surface area contributed by atoms with Gasteiger partial charge in [0.15, 0.2) is 0 Å². The van der Waals surface area contributed by atoms with Crippen LogP contribution in [0, 0.1) is 11.7 Å². The van der Waals surface area contributed by atoms with Crippen LogP contribution in [0.2, 0.25) is 0 Å². The minimum Gasteiger partial charge on any atom is -0.493 e. The number of carbonyl (C=O) groups excluding carboxylic acids is 2. The Hall–Kier alpha value is -3.53. The third-order valence-corrected chi connectivity index (χ3v) is 6.65. The predicted octanol–water partition coefficient (Wildman–Crippen LogP) is 2.70. The number of rotatable bonds is 8. The lowest BCUT2D eigenvalue weighted by Gasteiger charge is -2.29. The highest BCUT2D eigenvalue weighted by molar-refractivity contribution is 6.07. The topological polar surface area (TPSA) is 129 Å². The van der Waals surface area contributed by atoms with Crippen LogP contribution >= 0.6 is 0 Å². The molecule has 3 aromatic rings. The van der Waals surface area contributed by atoms with Crippen molar-refractivity contribution in [1.29, 1.82) is 0 Å². The second kappa shape index (κ2) is 9.99. The van der Waals surface area contributed by atoms with Gasteiger partial charge in [0, 0.05) is 23.8 Å². The lowest BCUT2D eigenvalue weighted by atomic mass is 9.91. The fraction of sp³-hybridized carbons (Fsp3) is 0.440. The van der Waals surface area contributed by atoms with Crippen LogP contribution in [0.1, 0.15) is 48.9 Å². The zero-order valence-electron chi connectivity index (χ0n) is 19.2. The highest BCUT2D eigenvalue weighted by Gasteiger charge is 2.26. The molecule has 2 aromatic heterocycles. The minimum atomic E-state index is -0.523. The van der Waals surface area contributed by atoms with E-state index in [2.05, 4.69) is 25.6 Å². The Labute approximate surface area is 201 Å². The van der Waals surface area contributed by atoms with Crippen molar-refractivity contribution in [3.05, 3.63) is 42.1 Å². The molecule has 2 aliphatic carbocycles. The summed E-state index contributed by atoms with van der Waals surface area (Å²) in [6.45, 7) is 0.0575. The molecule has 35 heavy (non-hydrogen) atoms. The maximum atomic E-state index is 14.1. The summed E-state index contributed by atoms with van der Waals surface area (Å²) in [6, 6.07) is 4.34. The minimum absolute atomic E-state index is 0.00814. The monoisotopic (exact) mass is 481 g/mol. The third-order valence-electron chi connectivity index (χ3n) is 6.65. The van der Waals surface area contributed by atoms with E-state index in [0.717, 1.165) is 38.5 Å². The van der Waals surface area contributed by atoms with Crippen molar-refractivity contribution in [3.8, 4) is 17.0 Å². The first kappa shape index (κ1) is 23.2. The van der Waals surface area contributed by atoms with Gasteiger partial charge in [-0.3, -0.25) is 9.59 Å². The summed E-state index contributed by atoms with van der Waals surface area (Å²) in [6.07, 6.45) is 8.12. The zero-order chi connectivity index (χ0) is 24.4.